The Morgan fingerprint density at radius 1 is 0.951 bits per heavy atom. The van der Waals surface area contributed by atoms with Gasteiger partial charge in [-0.25, -0.2) is 0 Å². The number of nitrogens with one attached hydrogen (secondary N) is 1. The first-order valence-corrected chi connectivity index (χ1v) is 25.3. The number of fused-ring (bicyclic) bond motifs is 2. The zero-order chi connectivity index (χ0) is 42.5. The number of hydrogen-bond acceptors (Lipinski definition) is 9. The van der Waals surface area contributed by atoms with Gasteiger partial charge in [0.1, 0.15) is 11.3 Å². The monoisotopic (exact) mass is 903 g/mol. The molecule has 14 heteroatoms. The molecule has 4 aliphatic rings. The van der Waals surface area contributed by atoms with Crippen LogP contribution in [0.4, 0.5) is 17.1 Å². The van der Waals surface area contributed by atoms with Gasteiger partial charge in [-0.15, -0.1) is 5.10 Å². The zero-order valence-corrected chi connectivity index (χ0v) is 37.8. The van der Waals surface area contributed by atoms with Crippen LogP contribution >= 0.6 is 15.9 Å². The normalized spacial score (nSPS) is 23.4. The van der Waals surface area contributed by atoms with Gasteiger partial charge in [0, 0.05) is 53.1 Å². The number of aliphatic hydroxyl groups excluding tert-OH is 1. The average molecular weight is 905 g/mol. The van der Waals surface area contributed by atoms with Crippen LogP contribution in [-0.4, -0.2) is 85.1 Å². The second kappa shape index (κ2) is 16.4. The maximum atomic E-state index is 15.6. The molecule has 5 heterocycles. The van der Waals surface area contributed by atoms with Crippen LogP contribution in [0, 0.1) is 5.92 Å². The van der Waals surface area contributed by atoms with Crippen molar-refractivity contribution < 1.29 is 24.2 Å². The van der Waals surface area contributed by atoms with Gasteiger partial charge >= 0.3 is 0 Å². The summed E-state index contributed by atoms with van der Waals surface area (Å²) in [6.45, 7) is 9.88. The molecule has 0 bridgehead atoms. The summed E-state index contributed by atoms with van der Waals surface area (Å²) >= 11 is 3.75. The van der Waals surface area contributed by atoms with Crippen LogP contribution in [0.5, 0.6) is 5.75 Å². The number of aryl methyl sites for hydroxylation is 1. The van der Waals surface area contributed by atoms with E-state index in [0.29, 0.717) is 32.6 Å². The molecule has 4 atom stereocenters. The van der Waals surface area contributed by atoms with E-state index < -0.39 is 19.2 Å². The Bertz CT molecular complexity index is 2410. The van der Waals surface area contributed by atoms with E-state index in [4.69, 9.17) is 9.47 Å². The van der Waals surface area contributed by atoms with Crippen molar-refractivity contribution in [2.75, 3.05) is 48.2 Å². The molecule has 0 aliphatic carbocycles. The third kappa shape index (κ3) is 7.09. The first-order valence-electron chi connectivity index (χ1n) is 21.4. The van der Waals surface area contributed by atoms with Gasteiger partial charge in [0.25, 0.3) is 11.8 Å². The average Bonchev–Trinajstić information content (AvgIpc) is 3.99. The Labute approximate surface area is 367 Å². The Balaban J connectivity index is 1.05. The van der Waals surface area contributed by atoms with Crippen molar-refractivity contribution in [3.05, 3.63) is 125 Å². The standard InChI is InChI=1S/C47H54BrN7O5Si/c1-32-43(61(3,4)39-16-14-38(59-2)15-17-39)42(19-25-52-30-35(20-26-56)50-51-52)60-47(32)40-28-34(48)13-18-41(40)53(45(47)58)29-33-9-8-12-37(27-33)54-31-55(36-10-6-5-7-11-36)46(44(54)57)21-23-49-24-22-46/h5-18,27-28,30,32,42-43,49,56H,19-26,29,31H2,1-4H3/t32-,42+,43-,47+/m1/s1. The van der Waals surface area contributed by atoms with Crippen molar-refractivity contribution in [2.45, 2.75) is 81.6 Å². The van der Waals surface area contributed by atoms with E-state index in [1.165, 1.54) is 5.19 Å². The number of aliphatic hydroxyl groups is 1. The molecule has 0 unspecified atom stereocenters. The minimum absolute atomic E-state index is 0.00786. The fourth-order valence-electron chi connectivity index (χ4n) is 10.8. The molecule has 9 rings (SSSR count). The highest BCUT2D eigenvalue weighted by Crippen LogP contribution is 2.60. The van der Waals surface area contributed by atoms with Crippen molar-refractivity contribution in [1.29, 1.82) is 0 Å². The van der Waals surface area contributed by atoms with E-state index in [1.54, 1.807) is 7.11 Å². The summed E-state index contributed by atoms with van der Waals surface area (Å²) in [4.78, 5) is 36.2. The number of benzene rings is 4. The summed E-state index contributed by atoms with van der Waals surface area (Å²) in [5, 5.41) is 22.8. The first-order chi connectivity index (χ1) is 29.5. The second-order valence-electron chi connectivity index (χ2n) is 17.5. The number of para-hydroxylation sites is 1. The maximum Gasteiger partial charge on any atom is 0.264 e. The van der Waals surface area contributed by atoms with Crippen molar-refractivity contribution in [3.63, 3.8) is 0 Å². The van der Waals surface area contributed by atoms with E-state index >= 15 is 4.79 Å². The van der Waals surface area contributed by atoms with Gasteiger partial charge in [0.2, 0.25) is 0 Å². The molecular formula is C47H54BrN7O5Si. The van der Waals surface area contributed by atoms with E-state index in [0.717, 1.165) is 70.0 Å². The van der Waals surface area contributed by atoms with Crippen LogP contribution in [0.1, 0.15) is 43.0 Å². The predicted octanol–water partition coefficient (Wildman–Crippen LogP) is 6.37. The SMILES string of the molecule is COc1ccc([Si](C)(C)[C@H]2[C@H](CCn3cc(CCO)nn3)O[C@@]3(C(=O)N(Cc4cccc(N5CN(c6ccccc6)C6(CCNCC6)C5=O)c4)c4ccc(Br)cc43)[C@@H]2C)cc1. The van der Waals surface area contributed by atoms with Crippen molar-refractivity contribution >= 4 is 58.1 Å². The lowest BCUT2D eigenvalue weighted by atomic mass is 9.82. The largest absolute Gasteiger partial charge is 0.497 e. The van der Waals surface area contributed by atoms with E-state index in [9.17, 15) is 9.90 Å². The van der Waals surface area contributed by atoms with Crippen LogP contribution in [0.15, 0.2) is 108 Å². The van der Waals surface area contributed by atoms with Gasteiger partial charge in [0.15, 0.2) is 5.60 Å². The Morgan fingerprint density at radius 2 is 1.70 bits per heavy atom. The molecule has 2 spiro atoms. The van der Waals surface area contributed by atoms with E-state index in [-0.39, 0.29) is 36.0 Å². The number of anilines is 3. The van der Waals surface area contributed by atoms with Crippen molar-refractivity contribution in [1.82, 2.24) is 20.3 Å². The molecule has 0 radical (unpaired) electrons. The number of ether oxygens (including phenoxy) is 2. The summed E-state index contributed by atoms with van der Waals surface area (Å²) in [6.07, 6.45) is 4.16. The lowest BCUT2D eigenvalue weighted by Crippen LogP contribution is -2.55. The van der Waals surface area contributed by atoms with Gasteiger partial charge in [-0.05, 0) is 98.1 Å². The fourth-order valence-corrected chi connectivity index (χ4v) is 15.2. The summed E-state index contributed by atoms with van der Waals surface area (Å²) in [7, 11) is -0.691. The van der Waals surface area contributed by atoms with E-state index in [1.807, 2.05) is 81.3 Å². The highest BCUT2D eigenvalue weighted by molar-refractivity contribution is 9.10. The van der Waals surface area contributed by atoms with Crippen molar-refractivity contribution in [2.24, 2.45) is 5.92 Å². The minimum atomic E-state index is -2.37. The molecule has 61 heavy (non-hydrogen) atoms. The fraction of sp³-hybridized carbons (Fsp3) is 0.404. The summed E-state index contributed by atoms with van der Waals surface area (Å²) in [5.41, 5.74) is 3.44. The summed E-state index contributed by atoms with van der Waals surface area (Å²) < 4.78 is 15.6. The third-order valence-corrected chi connectivity index (χ3v) is 18.8. The molecule has 4 aliphatic heterocycles. The van der Waals surface area contributed by atoms with Crippen LogP contribution in [0.3, 0.4) is 0 Å². The second-order valence-corrected chi connectivity index (χ2v) is 23.1. The molecule has 0 saturated carbocycles. The third-order valence-electron chi connectivity index (χ3n) is 13.9. The molecule has 3 saturated heterocycles. The smallest absolute Gasteiger partial charge is 0.264 e. The highest BCUT2D eigenvalue weighted by atomic mass is 79.9. The van der Waals surface area contributed by atoms with Crippen LogP contribution in [-0.2, 0) is 39.4 Å². The number of carbonyl (C=O) groups is 2. The summed E-state index contributed by atoms with van der Waals surface area (Å²) in [5.74, 6) is 0.676. The number of hydrogen-bond donors (Lipinski definition) is 2. The van der Waals surface area contributed by atoms with Gasteiger partial charge in [0.05, 0.1) is 45.9 Å². The summed E-state index contributed by atoms with van der Waals surface area (Å²) in [6, 6.07) is 32.9. The number of carbonyl (C=O) groups excluding carboxylic acids is 2. The first kappa shape index (κ1) is 41.5. The Hall–Kier alpha value is -4.86. The molecule has 3 fully saturated rings. The number of methoxy groups -OCH3 is 1. The number of rotatable bonds is 12. The lowest BCUT2D eigenvalue weighted by molar-refractivity contribution is -0.146. The van der Waals surface area contributed by atoms with Gasteiger partial charge in [-0.3, -0.25) is 19.2 Å². The quantitative estimate of drug-likeness (QED) is 0.138. The molecule has 2 N–H and O–H groups in total. The van der Waals surface area contributed by atoms with Gasteiger partial charge in [-0.2, -0.15) is 0 Å². The maximum absolute atomic E-state index is 15.6. The molecule has 1 aromatic heterocycles. The molecule has 2 amide bonds. The number of piperidine rings is 1. The molecular weight excluding hydrogens is 851 g/mol. The molecule has 4 aromatic carbocycles. The predicted molar refractivity (Wildman–Crippen MR) is 243 cm³/mol. The highest BCUT2D eigenvalue weighted by Gasteiger charge is 2.66. The lowest BCUT2D eigenvalue weighted by Gasteiger charge is -2.39. The number of aromatic nitrogens is 3. The van der Waals surface area contributed by atoms with Crippen molar-refractivity contribution in [3.8, 4) is 5.75 Å². The van der Waals surface area contributed by atoms with Gasteiger partial charge < -0.3 is 29.7 Å². The Kier molecular flexibility index (Phi) is 11.2. The molecule has 12 nitrogen and oxygen atoms in total. The number of amides is 2. The van der Waals surface area contributed by atoms with Crippen LogP contribution in [0.2, 0.25) is 18.6 Å². The van der Waals surface area contributed by atoms with Crippen LogP contribution in [0.25, 0.3) is 0 Å². The zero-order valence-electron chi connectivity index (χ0n) is 35.3. The Morgan fingerprint density at radius 3 is 2.44 bits per heavy atom. The molecule has 318 valence electrons. The van der Waals surface area contributed by atoms with E-state index in [2.05, 4.69) is 92.9 Å². The van der Waals surface area contributed by atoms with Gasteiger partial charge in [-0.1, -0.05) is 88.8 Å². The minimum Gasteiger partial charge on any atom is -0.497 e. The topological polar surface area (TPSA) is 125 Å². The number of nitrogens with zero attached hydrogens (tertiary/aromatic N) is 6. The van der Waals surface area contributed by atoms with Crippen LogP contribution < -0.4 is 29.9 Å². The number of halogens is 1. The molecule has 5 aromatic rings.